The Hall–Kier alpha value is 1.44. The van der Waals surface area contributed by atoms with E-state index in [0.717, 1.165) is 4.24 Å². The van der Waals surface area contributed by atoms with Gasteiger partial charge in [-0.05, 0) is 5.83 Å². The molecule has 9 heavy (non-hydrogen) atoms. The van der Waals surface area contributed by atoms with Crippen molar-refractivity contribution in [1.29, 1.82) is 0 Å². The van der Waals surface area contributed by atoms with Crippen LogP contribution in [0.3, 0.4) is 0 Å². The van der Waals surface area contributed by atoms with E-state index in [4.69, 9.17) is 0 Å². The van der Waals surface area contributed by atoms with Gasteiger partial charge in [0.05, 0.1) is 4.24 Å². The van der Waals surface area contributed by atoms with Gasteiger partial charge in [-0.2, -0.15) is 0 Å². The van der Waals surface area contributed by atoms with Crippen LogP contribution in [0.1, 0.15) is 29.7 Å². The van der Waals surface area contributed by atoms with Crippen LogP contribution < -0.4 is 0 Å². The first kappa shape index (κ1) is 47.2. The number of halogens is 3. The molecule has 0 aliphatic carbocycles. The molecule has 0 rings (SSSR count). The fourth-order valence-corrected chi connectivity index (χ4v) is 0. The second kappa shape index (κ2) is 113. The van der Waals surface area contributed by atoms with E-state index in [-0.39, 0.29) is 29.7 Å². The third-order valence-electron chi connectivity index (χ3n) is 0. The molecule has 0 amide bonds. The molecule has 0 heterocycles. The van der Waals surface area contributed by atoms with Crippen molar-refractivity contribution in [2.45, 2.75) is 29.7 Å². The minimum absolute atomic E-state index is 0. The number of rotatable bonds is 0. The number of alkyl halides is 3. The molecule has 0 saturated heterocycles. The van der Waals surface area contributed by atoms with Crippen molar-refractivity contribution < 1.29 is 0 Å². The topological polar surface area (TPSA) is 0 Å². The van der Waals surface area contributed by atoms with Crippen molar-refractivity contribution in [2.24, 2.45) is 0 Å². The smallest absolute Gasteiger partial charge is 0.0588 e. The van der Waals surface area contributed by atoms with E-state index in [2.05, 4.69) is 47.8 Å². The maximum absolute atomic E-state index is 3.06. The molecule has 0 aromatic heterocycles. The summed E-state index contributed by atoms with van der Waals surface area (Å²) < 4.78 is 0.875. The maximum Gasteiger partial charge on any atom is 0.0588 e. The van der Waals surface area contributed by atoms with Crippen molar-refractivity contribution in [3.8, 4) is 0 Å². The summed E-state index contributed by atoms with van der Waals surface area (Å²) in [4.78, 5) is 0. The van der Waals surface area contributed by atoms with Gasteiger partial charge in [0, 0.05) is 0 Å². The lowest BCUT2D eigenvalue weighted by Gasteiger charge is -1.43. The molecule has 0 atom stereocenters. The first-order valence-electron chi connectivity index (χ1n) is 0.912. The van der Waals surface area contributed by atoms with Crippen LogP contribution in [0.4, 0.5) is 0 Å². The second-order valence-corrected chi connectivity index (χ2v) is 2.73. The summed E-state index contributed by atoms with van der Waals surface area (Å²) in [6, 6.07) is 0. The van der Waals surface area contributed by atoms with Crippen LogP contribution in [0.15, 0.2) is 0 Å². The van der Waals surface area contributed by atoms with E-state index < -0.39 is 0 Å². The third-order valence-corrected chi connectivity index (χ3v) is 0. The Morgan fingerprint density at radius 3 is 0.778 bits per heavy atom. The van der Waals surface area contributed by atoms with Crippen LogP contribution in [0.5, 0.6) is 0 Å². The van der Waals surface area contributed by atoms with Crippen LogP contribution >= 0.6 is 47.8 Å². The Balaban J connectivity index is -0.00000000357. The quantitative estimate of drug-likeness (QED) is 0.529. The Bertz CT molecular complexity index is 8.26. The zero-order valence-corrected chi connectivity index (χ0v) is 7.60. The van der Waals surface area contributed by atoms with Crippen molar-refractivity contribution in [2.75, 3.05) is 10.1 Å². The van der Waals surface area contributed by atoms with Crippen LogP contribution in [-0.2, 0) is 0 Å². The molecule has 0 N–H and O–H groups in total. The Morgan fingerprint density at radius 2 is 0.778 bits per heavy atom. The Kier molecular flexibility index (Phi) is 592. The van der Waals surface area contributed by atoms with E-state index >= 15 is 0 Å². The van der Waals surface area contributed by atoms with Gasteiger partial charge < -0.3 is 0 Å². The van der Waals surface area contributed by atoms with Gasteiger partial charge in [0.15, 0.2) is 0 Å². The van der Waals surface area contributed by atoms with Gasteiger partial charge in [0.2, 0.25) is 0 Å². The molecule has 0 unspecified atom stereocenters. The highest BCUT2D eigenvalue weighted by Crippen LogP contribution is 1.83. The number of hydrogen-bond donors (Lipinski definition) is 0. The highest BCUT2D eigenvalue weighted by atomic mass is 79.9. The van der Waals surface area contributed by atoms with Gasteiger partial charge in [-0.1, -0.05) is 77.5 Å². The van der Waals surface area contributed by atoms with Crippen molar-refractivity contribution in [3.05, 3.63) is 0 Å². The standard InChI is InChI=1S/CH2Br2.CH3Br.4CH4/c2-1-3;1-2;;;;/h1H2;1H3;4*1H4. The van der Waals surface area contributed by atoms with Crippen LogP contribution in [0, 0.1) is 0 Å². The summed E-state index contributed by atoms with van der Waals surface area (Å²) in [5.41, 5.74) is 0. The van der Waals surface area contributed by atoms with Crippen molar-refractivity contribution in [1.82, 2.24) is 0 Å². The lowest BCUT2D eigenvalue weighted by Crippen LogP contribution is -1.19. The molecule has 0 fully saturated rings. The summed E-state index contributed by atoms with van der Waals surface area (Å²) >= 11 is 9.06. The third kappa shape index (κ3) is 252. The van der Waals surface area contributed by atoms with Crippen molar-refractivity contribution in [3.63, 3.8) is 0 Å². The van der Waals surface area contributed by atoms with Gasteiger partial charge in [0.25, 0.3) is 0 Å². The summed E-state index contributed by atoms with van der Waals surface area (Å²) in [5.74, 6) is 1.81. The summed E-state index contributed by atoms with van der Waals surface area (Å²) in [7, 11) is 0. The molecule has 0 aromatic carbocycles. The molecule has 0 bridgehead atoms. The predicted molar refractivity (Wildman–Crippen MR) is 64.5 cm³/mol. The molecule has 66 valence electrons. The normalized spacial score (nSPS) is 2.67. The minimum Gasteiger partial charge on any atom is -0.0966 e. The van der Waals surface area contributed by atoms with Gasteiger partial charge in [0.1, 0.15) is 0 Å². The molecule has 0 saturated carbocycles. The zero-order valence-electron chi connectivity index (χ0n) is 2.84. The van der Waals surface area contributed by atoms with E-state index in [0.29, 0.717) is 0 Å². The highest BCUT2D eigenvalue weighted by molar-refractivity contribution is 9.24. The van der Waals surface area contributed by atoms with Crippen LogP contribution in [0.25, 0.3) is 0 Å². The van der Waals surface area contributed by atoms with Crippen LogP contribution in [-0.4, -0.2) is 10.1 Å². The average Bonchev–Trinajstić information content (AvgIpc) is 1.46. The first-order valence-corrected chi connectivity index (χ1v) is 4.74. The molecular formula is C6H21Br3. The van der Waals surface area contributed by atoms with Gasteiger partial charge in [-0.25, -0.2) is 0 Å². The molecule has 0 aromatic rings. The maximum atomic E-state index is 3.06. The first-order chi connectivity index (χ1) is 2.41. The minimum atomic E-state index is 0. The van der Waals surface area contributed by atoms with Crippen LogP contribution in [0.2, 0.25) is 0 Å². The average molecular weight is 333 g/mol. The fraction of sp³-hybridized carbons (Fsp3) is 1.00. The monoisotopic (exact) mass is 330 g/mol. The van der Waals surface area contributed by atoms with Crippen molar-refractivity contribution >= 4 is 47.8 Å². The summed E-state index contributed by atoms with van der Waals surface area (Å²) in [6.45, 7) is 0. The predicted octanol–water partition coefficient (Wildman–Crippen LogP) is 5.29. The van der Waals surface area contributed by atoms with E-state index in [1.165, 1.54) is 0 Å². The highest BCUT2D eigenvalue weighted by Gasteiger charge is 1.41. The van der Waals surface area contributed by atoms with E-state index in [9.17, 15) is 0 Å². The SMILES string of the molecule is BrCBr.C.C.C.C.CBr. The molecule has 3 heteroatoms. The molecule has 0 nitrogen and oxygen atoms in total. The van der Waals surface area contributed by atoms with Gasteiger partial charge >= 0.3 is 0 Å². The Morgan fingerprint density at radius 1 is 0.778 bits per heavy atom. The lowest BCUT2D eigenvalue weighted by atomic mass is 12.0. The molecule has 0 aliphatic rings. The molecule has 0 aliphatic heterocycles. The lowest BCUT2D eigenvalue weighted by molar-refractivity contribution is 2.44. The van der Waals surface area contributed by atoms with E-state index in [1.54, 1.807) is 0 Å². The fourth-order valence-electron chi connectivity index (χ4n) is 0. The largest absolute Gasteiger partial charge is 0.0966 e. The van der Waals surface area contributed by atoms with Gasteiger partial charge in [-0.15, -0.1) is 0 Å². The summed E-state index contributed by atoms with van der Waals surface area (Å²) in [6.07, 6.45) is 0. The van der Waals surface area contributed by atoms with Gasteiger partial charge in [-0.3, -0.25) is 0 Å². The molecular weight excluding hydrogens is 312 g/mol. The van der Waals surface area contributed by atoms with E-state index in [1.807, 2.05) is 5.83 Å². The Labute approximate surface area is 87.2 Å². The molecule has 0 radical (unpaired) electrons. The second-order valence-electron chi connectivity index (χ2n) is 0.101. The summed E-state index contributed by atoms with van der Waals surface area (Å²) in [5, 5.41) is 0. The number of hydrogen-bond acceptors (Lipinski definition) is 0. The zero-order chi connectivity index (χ0) is 4.71. The molecule has 0 spiro atoms.